The summed E-state index contributed by atoms with van der Waals surface area (Å²) >= 11 is 0. The molecule has 1 aliphatic heterocycles. The Labute approximate surface area is 44.4 Å². The minimum absolute atomic E-state index is 0. The van der Waals surface area contributed by atoms with E-state index >= 15 is 0 Å². The number of hydrogen-bond acceptors (Lipinski definition) is 2. The molecule has 0 unspecified atom stereocenters. The maximum absolute atomic E-state index is 4.20. The molecule has 0 radical (unpaired) electrons. The average Bonchev–Trinajstić information content (AvgIpc) is 1.75. The van der Waals surface area contributed by atoms with Crippen molar-refractivity contribution in [2.24, 2.45) is 0 Å². The van der Waals surface area contributed by atoms with E-state index in [1.165, 1.54) is 0 Å². The van der Waals surface area contributed by atoms with Crippen LogP contribution in [0.4, 0.5) is 0 Å². The van der Waals surface area contributed by atoms with Gasteiger partial charge in [0.25, 0.3) is 0 Å². The molecular formula is CH3O2PZn. The van der Waals surface area contributed by atoms with Crippen molar-refractivity contribution in [3.8, 4) is 0 Å². The van der Waals surface area contributed by atoms with Crippen LogP contribution >= 0.6 is 8.38 Å². The molecule has 1 fully saturated rings. The second-order valence-electron chi connectivity index (χ2n) is 0.539. The predicted octanol–water partition coefficient (Wildman–Crippen LogP) is 0.781. The molecule has 0 aromatic heterocycles. The molecule has 0 atom stereocenters. The SMILES string of the molecule is [CH2-][PH+]1OO1.[Zn]. The van der Waals surface area contributed by atoms with Gasteiger partial charge in [0.05, 0.1) is 0 Å². The summed E-state index contributed by atoms with van der Waals surface area (Å²) in [7, 11) is -0.880. The summed E-state index contributed by atoms with van der Waals surface area (Å²) in [5.41, 5.74) is 0. The first-order chi connectivity index (χ1) is 1.89. The second-order valence-corrected chi connectivity index (χ2v) is 1.62. The first-order valence-electron chi connectivity index (χ1n) is 0.928. The second kappa shape index (κ2) is 2.20. The fraction of sp³-hybridized carbons (Fsp3) is 0. The van der Waals surface area contributed by atoms with E-state index in [1.807, 2.05) is 0 Å². The molecule has 0 saturated carbocycles. The Kier molecular flexibility index (Phi) is 2.63. The third kappa shape index (κ3) is 2.79. The summed E-state index contributed by atoms with van der Waals surface area (Å²) in [6.45, 7) is 3.41. The molecule has 0 amide bonds. The standard InChI is InChI=1S/CH3O2P.Zn/c1-4-2-3-4;/h4H,1H2;. The molecule has 0 spiro atoms. The minimum atomic E-state index is -0.880. The molecule has 2 nitrogen and oxygen atoms in total. The van der Waals surface area contributed by atoms with Crippen LogP contribution in [-0.2, 0) is 28.8 Å². The van der Waals surface area contributed by atoms with Crippen LogP contribution in [-0.4, -0.2) is 0 Å². The van der Waals surface area contributed by atoms with Gasteiger partial charge >= 0.3 is 0 Å². The van der Waals surface area contributed by atoms with Crippen LogP contribution in [0.5, 0.6) is 0 Å². The summed E-state index contributed by atoms with van der Waals surface area (Å²) < 4.78 is 8.40. The van der Waals surface area contributed by atoms with E-state index < -0.39 is 8.38 Å². The van der Waals surface area contributed by atoms with Crippen LogP contribution in [0.25, 0.3) is 0 Å². The van der Waals surface area contributed by atoms with E-state index in [9.17, 15) is 0 Å². The quantitative estimate of drug-likeness (QED) is 0.165. The Bertz CT molecular complexity index is 28.8. The summed E-state index contributed by atoms with van der Waals surface area (Å²) in [6.07, 6.45) is 0. The molecule has 0 N–H and O–H groups in total. The molecule has 1 aliphatic rings. The van der Waals surface area contributed by atoms with Gasteiger partial charge in [-0.2, -0.15) is 0 Å². The molecule has 0 aromatic carbocycles. The van der Waals surface area contributed by atoms with Crippen molar-refractivity contribution in [3.05, 3.63) is 6.66 Å². The van der Waals surface area contributed by atoms with Crippen LogP contribution in [0.3, 0.4) is 0 Å². The van der Waals surface area contributed by atoms with Crippen LogP contribution in [0, 0.1) is 6.66 Å². The third-order valence-corrected chi connectivity index (χ3v) is 0.604. The van der Waals surface area contributed by atoms with E-state index in [1.54, 1.807) is 0 Å². The van der Waals surface area contributed by atoms with Gasteiger partial charge in [0.15, 0.2) is 0 Å². The fourth-order valence-corrected chi connectivity index (χ4v) is 0.265. The largest absolute Gasteiger partial charge is 0.223 e. The topological polar surface area (TPSA) is 25.1 Å². The van der Waals surface area contributed by atoms with Gasteiger partial charge in [-0.05, 0) is 9.35 Å². The Hall–Kier alpha value is 0.973. The van der Waals surface area contributed by atoms with Crippen LogP contribution in [0.2, 0.25) is 0 Å². The van der Waals surface area contributed by atoms with E-state index in [2.05, 4.69) is 16.0 Å². The van der Waals surface area contributed by atoms with E-state index in [-0.39, 0.29) is 19.5 Å². The fourth-order valence-electron chi connectivity index (χ4n) is 0.0295. The first kappa shape index (κ1) is 5.97. The summed E-state index contributed by atoms with van der Waals surface area (Å²) in [5.74, 6) is 0. The van der Waals surface area contributed by atoms with Crippen molar-refractivity contribution in [3.63, 3.8) is 0 Å². The molecule has 1 saturated heterocycles. The predicted molar refractivity (Wildman–Crippen MR) is 15.8 cm³/mol. The number of rotatable bonds is 0. The van der Waals surface area contributed by atoms with Gasteiger partial charge < -0.3 is 0 Å². The minimum Gasteiger partial charge on any atom is -0.117 e. The molecule has 4 heteroatoms. The van der Waals surface area contributed by atoms with Gasteiger partial charge in [0.1, 0.15) is 0 Å². The van der Waals surface area contributed by atoms with Gasteiger partial charge in [0, 0.05) is 19.5 Å². The van der Waals surface area contributed by atoms with Crippen molar-refractivity contribution in [2.45, 2.75) is 0 Å². The molecule has 0 bridgehead atoms. The molecule has 5 heavy (non-hydrogen) atoms. The van der Waals surface area contributed by atoms with Crippen molar-refractivity contribution in [1.29, 1.82) is 0 Å². The zero-order valence-corrected chi connectivity index (χ0v) is 6.70. The third-order valence-electron chi connectivity index (χ3n) is 0.201. The van der Waals surface area contributed by atoms with Crippen molar-refractivity contribution in [1.82, 2.24) is 0 Å². The molecule has 26 valence electrons. The van der Waals surface area contributed by atoms with Crippen LogP contribution < -0.4 is 0 Å². The van der Waals surface area contributed by atoms with E-state index in [0.29, 0.717) is 0 Å². The Morgan fingerprint density at radius 1 is 1.40 bits per heavy atom. The normalized spacial score (nSPS) is 21.0. The summed E-state index contributed by atoms with van der Waals surface area (Å²) in [4.78, 5) is 0. The van der Waals surface area contributed by atoms with Crippen molar-refractivity contribution < 1.29 is 28.8 Å². The molecule has 0 aliphatic carbocycles. The van der Waals surface area contributed by atoms with Crippen molar-refractivity contribution in [2.75, 3.05) is 0 Å². The Morgan fingerprint density at radius 2 is 1.60 bits per heavy atom. The van der Waals surface area contributed by atoms with Crippen LogP contribution in [0.15, 0.2) is 0 Å². The Balaban J connectivity index is 0.000000160. The Morgan fingerprint density at radius 3 is 1.60 bits per heavy atom. The zero-order valence-electron chi connectivity index (χ0n) is 2.73. The average molecular weight is 143 g/mol. The van der Waals surface area contributed by atoms with E-state index in [0.717, 1.165) is 0 Å². The molecule has 0 aromatic rings. The summed E-state index contributed by atoms with van der Waals surface area (Å²) in [5, 5.41) is 0. The van der Waals surface area contributed by atoms with E-state index in [4.69, 9.17) is 0 Å². The molecule has 1 rings (SSSR count). The van der Waals surface area contributed by atoms with Gasteiger partial charge in [-0.1, -0.05) is 0 Å². The monoisotopic (exact) mass is 142 g/mol. The smallest absolute Gasteiger partial charge is 0.117 e. The molecular weight excluding hydrogens is 140 g/mol. The van der Waals surface area contributed by atoms with Crippen LogP contribution in [0.1, 0.15) is 0 Å². The van der Waals surface area contributed by atoms with Gasteiger partial charge in [-0.25, -0.2) is 0 Å². The maximum Gasteiger partial charge on any atom is 0.223 e. The van der Waals surface area contributed by atoms with Gasteiger partial charge in [0.2, 0.25) is 8.38 Å². The van der Waals surface area contributed by atoms with Crippen molar-refractivity contribution >= 4 is 8.38 Å². The molecule has 1 heterocycles. The number of hydrogen-bond donors (Lipinski definition) is 0. The van der Waals surface area contributed by atoms with Gasteiger partial charge in [-0.15, -0.1) is 6.66 Å². The summed E-state index contributed by atoms with van der Waals surface area (Å²) in [6, 6.07) is 0. The first-order valence-corrected chi connectivity index (χ1v) is 2.45. The van der Waals surface area contributed by atoms with Gasteiger partial charge in [-0.3, -0.25) is 0 Å². The zero-order chi connectivity index (χ0) is 2.99. The maximum atomic E-state index is 4.20.